The van der Waals surface area contributed by atoms with Gasteiger partial charge in [0.05, 0.1) is 0 Å². The summed E-state index contributed by atoms with van der Waals surface area (Å²) in [5.74, 6) is 0.488. The average Bonchev–Trinajstić information content (AvgIpc) is 2.71. The van der Waals surface area contributed by atoms with E-state index in [-0.39, 0.29) is 11.8 Å². The van der Waals surface area contributed by atoms with E-state index in [9.17, 15) is 9.59 Å². The first-order valence-corrected chi connectivity index (χ1v) is 9.89. The molecular formula is C23H28N2O3. The summed E-state index contributed by atoms with van der Waals surface area (Å²) in [5, 5.41) is 2.88. The van der Waals surface area contributed by atoms with Crippen LogP contribution in [0.25, 0.3) is 0 Å². The van der Waals surface area contributed by atoms with E-state index in [2.05, 4.69) is 17.4 Å². The minimum absolute atomic E-state index is 0.0694. The Morgan fingerprint density at radius 1 is 1.04 bits per heavy atom. The van der Waals surface area contributed by atoms with Crippen LogP contribution in [-0.4, -0.2) is 36.9 Å². The number of nitrogens with one attached hydrogen (secondary N) is 1. The van der Waals surface area contributed by atoms with E-state index < -0.39 is 6.10 Å². The van der Waals surface area contributed by atoms with Gasteiger partial charge in [0.25, 0.3) is 11.8 Å². The average molecular weight is 380 g/mol. The lowest BCUT2D eigenvalue weighted by atomic mass is 9.92. The maximum atomic E-state index is 12.7. The molecule has 0 aromatic heterocycles. The highest BCUT2D eigenvalue weighted by Crippen LogP contribution is 2.26. The number of nitrogens with zero attached hydrogens (tertiary/aromatic N) is 1. The van der Waals surface area contributed by atoms with Crippen molar-refractivity contribution in [2.45, 2.75) is 45.1 Å². The van der Waals surface area contributed by atoms with Gasteiger partial charge in [-0.25, -0.2) is 0 Å². The molecule has 1 atom stereocenters. The van der Waals surface area contributed by atoms with Crippen LogP contribution in [-0.2, 0) is 17.6 Å². The van der Waals surface area contributed by atoms with Crippen molar-refractivity contribution in [3.63, 3.8) is 0 Å². The van der Waals surface area contributed by atoms with E-state index in [0.29, 0.717) is 17.7 Å². The Labute approximate surface area is 166 Å². The Balaban J connectivity index is 1.64. The molecule has 0 bridgehead atoms. The molecule has 0 heterocycles. The van der Waals surface area contributed by atoms with Crippen LogP contribution in [0, 0.1) is 0 Å². The topological polar surface area (TPSA) is 58.6 Å². The van der Waals surface area contributed by atoms with Crippen LogP contribution in [0.5, 0.6) is 5.75 Å². The molecule has 1 N–H and O–H groups in total. The van der Waals surface area contributed by atoms with Gasteiger partial charge >= 0.3 is 0 Å². The van der Waals surface area contributed by atoms with Crippen molar-refractivity contribution in [2.75, 3.05) is 19.4 Å². The second kappa shape index (κ2) is 8.91. The summed E-state index contributed by atoms with van der Waals surface area (Å²) < 4.78 is 5.98. The zero-order valence-electron chi connectivity index (χ0n) is 16.8. The summed E-state index contributed by atoms with van der Waals surface area (Å²) in [6, 6.07) is 13.1. The molecule has 1 aliphatic rings. The number of hydrogen-bond donors (Lipinski definition) is 1. The van der Waals surface area contributed by atoms with Gasteiger partial charge in [0.1, 0.15) is 5.75 Å². The Hall–Kier alpha value is -2.82. The van der Waals surface area contributed by atoms with Gasteiger partial charge in [0, 0.05) is 25.3 Å². The number of rotatable bonds is 6. The molecule has 0 fully saturated rings. The van der Waals surface area contributed by atoms with Crippen molar-refractivity contribution in [3.05, 3.63) is 59.2 Å². The quantitative estimate of drug-likeness (QED) is 0.822. The lowest BCUT2D eigenvalue weighted by Crippen LogP contribution is -2.32. The molecule has 148 valence electrons. The molecule has 0 saturated heterocycles. The molecule has 0 saturated carbocycles. The smallest absolute Gasteiger partial charge is 0.265 e. The molecule has 2 aromatic carbocycles. The normalized spacial score (nSPS) is 14.0. The lowest BCUT2D eigenvalue weighted by Gasteiger charge is -2.20. The molecular weight excluding hydrogens is 352 g/mol. The van der Waals surface area contributed by atoms with E-state index >= 15 is 0 Å². The van der Waals surface area contributed by atoms with E-state index in [1.54, 1.807) is 38.4 Å². The monoisotopic (exact) mass is 380 g/mol. The molecule has 0 spiro atoms. The van der Waals surface area contributed by atoms with E-state index in [1.165, 1.54) is 28.9 Å². The standard InChI is InChI=1S/C23H28N2O3/c1-4-21(28-20-14-11-16-7-5-6-8-18(16)15-20)22(26)24-19-12-9-17(10-13-19)23(27)25(2)3/h9-15,21H,4-8H2,1-3H3,(H,24,26). The van der Waals surface area contributed by atoms with E-state index in [4.69, 9.17) is 4.74 Å². The molecule has 1 unspecified atom stereocenters. The van der Waals surface area contributed by atoms with Crippen molar-refractivity contribution in [1.29, 1.82) is 0 Å². The number of aryl methyl sites for hydroxylation is 2. The van der Waals surface area contributed by atoms with Gasteiger partial charge in [0.15, 0.2) is 6.10 Å². The predicted molar refractivity (Wildman–Crippen MR) is 111 cm³/mol. The fourth-order valence-electron chi connectivity index (χ4n) is 3.45. The first kappa shape index (κ1) is 19.9. The molecule has 5 nitrogen and oxygen atoms in total. The number of carbonyl (C=O) groups is 2. The van der Waals surface area contributed by atoms with Gasteiger partial charge in [-0.05, 0) is 79.6 Å². The fourth-order valence-corrected chi connectivity index (χ4v) is 3.45. The minimum atomic E-state index is -0.565. The third kappa shape index (κ3) is 4.71. The summed E-state index contributed by atoms with van der Waals surface area (Å²) in [5.41, 5.74) is 3.96. The first-order valence-electron chi connectivity index (χ1n) is 9.89. The maximum absolute atomic E-state index is 12.7. The van der Waals surface area contributed by atoms with E-state index in [0.717, 1.165) is 18.6 Å². The van der Waals surface area contributed by atoms with Gasteiger partial charge < -0.3 is 15.0 Å². The van der Waals surface area contributed by atoms with Crippen LogP contribution < -0.4 is 10.1 Å². The highest BCUT2D eigenvalue weighted by atomic mass is 16.5. The fraction of sp³-hybridized carbons (Fsp3) is 0.391. The molecule has 1 aliphatic carbocycles. The van der Waals surface area contributed by atoms with Crippen LogP contribution in [0.3, 0.4) is 0 Å². The van der Waals surface area contributed by atoms with Crippen molar-refractivity contribution < 1.29 is 14.3 Å². The number of ether oxygens (including phenoxy) is 1. The number of carbonyl (C=O) groups excluding carboxylic acids is 2. The predicted octanol–water partition coefficient (Wildman–Crippen LogP) is 4.06. The summed E-state index contributed by atoms with van der Waals surface area (Å²) in [4.78, 5) is 26.1. The Morgan fingerprint density at radius 3 is 2.36 bits per heavy atom. The van der Waals surface area contributed by atoms with Crippen LogP contribution in [0.4, 0.5) is 5.69 Å². The number of hydrogen-bond acceptors (Lipinski definition) is 3. The van der Waals surface area contributed by atoms with Crippen molar-refractivity contribution >= 4 is 17.5 Å². The van der Waals surface area contributed by atoms with E-state index in [1.807, 2.05) is 13.0 Å². The zero-order chi connectivity index (χ0) is 20.1. The maximum Gasteiger partial charge on any atom is 0.265 e. The van der Waals surface area contributed by atoms with Crippen LogP contribution in [0.15, 0.2) is 42.5 Å². The summed E-state index contributed by atoms with van der Waals surface area (Å²) >= 11 is 0. The molecule has 5 heteroatoms. The number of amides is 2. The summed E-state index contributed by atoms with van der Waals surface area (Å²) in [6.45, 7) is 1.93. The molecule has 3 rings (SSSR count). The molecule has 0 aliphatic heterocycles. The highest BCUT2D eigenvalue weighted by Gasteiger charge is 2.20. The van der Waals surface area contributed by atoms with Crippen LogP contribution >= 0.6 is 0 Å². The van der Waals surface area contributed by atoms with Gasteiger partial charge in [-0.1, -0.05) is 13.0 Å². The second-order valence-electron chi connectivity index (χ2n) is 7.42. The van der Waals surface area contributed by atoms with Gasteiger partial charge in [-0.3, -0.25) is 9.59 Å². The molecule has 0 radical (unpaired) electrons. The zero-order valence-corrected chi connectivity index (χ0v) is 16.8. The molecule has 2 amide bonds. The van der Waals surface area contributed by atoms with Crippen LogP contribution in [0.2, 0.25) is 0 Å². The van der Waals surface area contributed by atoms with Crippen molar-refractivity contribution in [1.82, 2.24) is 4.90 Å². The Morgan fingerprint density at radius 2 is 1.71 bits per heavy atom. The third-order valence-corrected chi connectivity index (χ3v) is 5.07. The van der Waals surface area contributed by atoms with Crippen molar-refractivity contribution in [3.8, 4) is 5.75 Å². The van der Waals surface area contributed by atoms with Gasteiger partial charge in [-0.2, -0.15) is 0 Å². The highest BCUT2D eigenvalue weighted by molar-refractivity contribution is 5.96. The molecule has 28 heavy (non-hydrogen) atoms. The SMILES string of the molecule is CCC(Oc1ccc2c(c1)CCCC2)C(=O)Nc1ccc(C(=O)N(C)C)cc1. The number of fused-ring (bicyclic) bond motifs is 1. The minimum Gasteiger partial charge on any atom is -0.481 e. The first-order chi connectivity index (χ1) is 13.5. The van der Waals surface area contributed by atoms with Crippen LogP contribution in [0.1, 0.15) is 47.7 Å². The van der Waals surface area contributed by atoms with Gasteiger partial charge in [0.2, 0.25) is 0 Å². The van der Waals surface area contributed by atoms with Gasteiger partial charge in [-0.15, -0.1) is 0 Å². The Kier molecular flexibility index (Phi) is 6.34. The lowest BCUT2D eigenvalue weighted by molar-refractivity contribution is -0.122. The van der Waals surface area contributed by atoms with Crippen molar-refractivity contribution in [2.24, 2.45) is 0 Å². The Bertz CT molecular complexity index is 843. The summed E-state index contributed by atoms with van der Waals surface area (Å²) in [7, 11) is 3.42. The number of benzene rings is 2. The third-order valence-electron chi connectivity index (χ3n) is 5.07. The largest absolute Gasteiger partial charge is 0.481 e. The molecule has 2 aromatic rings. The second-order valence-corrected chi connectivity index (χ2v) is 7.42. The summed E-state index contributed by atoms with van der Waals surface area (Å²) in [6.07, 6.45) is 4.66. The number of anilines is 1.